The molecule has 0 radical (unpaired) electrons. The van der Waals surface area contributed by atoms with Crippen molar-refractivity contribution in [1.82, 2.24) is 4.90 Å². The van der Waals surface area contributed by atoms with Gasteiger partial charge in [-0.3, -0.25) is 9.59 Å². The maximum atomic E-state index is 14.4. The van der Waals surface area contributed by atoms with E-state index < -0.39 is 36.1 Å². The summed E-state index contributed by atoms with van der Waals surface area (Å²) in [5, 5.41) is 0. The average molecular weight is 397 g/mol. The number of hydrogen-bond acceptors (Lipinski definition) is 5. The lowest BCUT2D eigenvalue weighted by atomic mass is 9.67. The molecule has 0 aromatic heterocycles. The van der Waals surface area contributed by atoms with E-state index in [4.69, 9.17) is 9.47 Å². The first kappa shape index (κ1) is 20.4. The van der Waals surface area contributed by atoms with Crippen LogP contribution in [-0.2, 0) is 20.9 Å². The lowest BCUT2D eigenvalue weighted by Crippen LogP contribution is -2.46. The summed E-state index contributed by atoms with van der Waals surface area (Å²) in [4.78, 5) is 26.6. The van der Waals surface area contributed by atoms with Crippen LogP contribution in [0.2, 0.25) is 0 Å². The normalized spacial score (nSPS) is 26.4. The lowest BCUT2D eigenvalue weighted by molar-refractivity contribution is -0.165. The molecule has 2 fully saturated rings. The van der Waals surface area contributed by atoms with Gasteiger partial charge >= 0.3 is 5.97 Å². The smallest absolute Gasteiger partial charge is 0.308 e. The highest BCUT2D eigenvalue weighted by Gasteiger charge is 2.58. The first-order valence-corrected chi connectivity index (χ1v) is 9.19. The van der Waals surface area contributed by atoms with Crippen LogP contribution in [0, 0.1) is 11.3 Å². The summed E-state index contributed by atoms with van der Waals surface area (Å²) < 4.78 is 43.9. The molecule has 2 atom stereocenters. The number of nitrogens with zero attached hydrogens (tertiary/aromatic N) is 1. The largest absolute Gasteiger partial charge is 0.497 e. The van der Waals surface area contributed by atoms with Crippen molar-refractivity contribution < 1.29 is 32.6 Å². The number of ether oxygens (including phenoxy) is 3. The van der Waals surface area contributed by atoms with Crippen LogP contribution in [0.1, 0.15) is 31.2 Å². The number of hydrogen-bond donors (Lipinski definition) is 0. The molecule has 3 rings (SSSR count). The van der Waals surface area contributed by atoms with Crippen LogP contribution in [0.25, 0.3) is 0 Å². The van der Waals surface area contributed by atoms with Crippen molar-refractivity contribution in [2.24, 2.45) is 11.3 Å². The zero-order valence-corrected chi connectivity index (χ0v) is 16.3. The Bertz CT molecular complexity index is 769. The van der Waals surface area contributed by atoms with Gasteiger partial charge in [0, 0.05) is 37.6 Å². The highest BCUT2D eigenvalue weighted by atomic mass is 19.3. The molecule has 1 amide bonds. The molecule has 28 heavy (non-hydrogen) atoms. The highest BCUT2D eigenvalue weighted by Crippen LogP contribution is 2.53. The molecule has 1 heterocycles. The molecule has 1 aliphatic heterocycles. The summed E-state index contributed by atoms with van der Waals surface area (Å²) in [5.74, 6) is -3.86. The van der Waals surface area contributed by atoms with Crippen molar-refractivity contribution >= 4 is 11.9 Å². The number of likely N-dealkylation sites (tertiary alicyclic amines) is 1. The number of carbonyl (C=O) groups excluding carboxylic acids is 2. The fraction of sp³-hybridized carbons (Fsp3) is 0.600. The Kier molecular flexibility index (Phi) is 5.50. The summed E-state index contributed by atoms with van der Waals surface area (Å²) in [6.07, 6.45) is -0.693. The number of amides is 1. The van der Waals surface area contributed by atoms with Crippen LogP contribution in [0.5, 0.6) is 11.5 Å². The molecule has 1 spiro atoms. The molecule has 154 valence electrons. The van der Waals surface area contributed by atoms with E-state index in [9.17, 15) is 18.4 Å². The van der Waals surface area contributed by atoms with Crippen LogP contribution >= 0.6 is 0 Å². The second-order valence-electron chi connectivity index (χ2n) is 7.60. The Balaban J connectivity index is 1.81. The number of benzene rings is 1. The second-order valence-corrected chi connectivity index (χ2v) is 7.60. The predicted octanol–water partition coefficient (Wildman–Crippen LogP) is 3.03. The standard InChI is InChI=1S/C20H25F2NO5/c1-26-15-5-4-13(16(8-15)27-2)11-23-7-6-19(18(23)25)9-14(17(24)28-3)10-20(21,22)12-19/h4-5,8,14H,6-7,9-12H2,1-3H3/t14?,19-/m1/s1. The average Bonchev–Trinajstić information content (AvgIpc) is 2.95. The SMILES string of the molecule is COC(=O)C1CC(F)(F)C[C@@]2(CCN(Cc3ccc(OC)cc3OC)C2=O)C1. The molecule has 1 unspecified atom stereocenters. The Labute approximate surface area is 162 Å². The first-order chi connectivity index (χ1) is 13.2. The van der Waals surface area contributed by atoms with Crippen LogP contribution < -0.4 is 9.47 Å². The monoisotopic (exact) mass is 397 g/mol. The topological polar surface area (TPSA) is 65.1 Å². The van der Waals surface area contributed by atoms with E-state index in [0.717, 1.165) is 5.56 Å². The lowest BCUT2D eigenvalue weighted by Gasteiger charge is -2.39. The molecule has 2 aliphatic rings. The Morgan fingerprint density at radius 1 is 1.21 bits per heavy atom. The van der Waals surface area contributed by atoms with Crippen molar-refractivity contribution in [2.45, 2.75) is 38.2 Å². The zero-order valence-electron chi connectivity index (χ0n) is 16.3. The molecule has 1 saturated heterocycles. The number of methoxy groups -OCH3 is 3. The van der Waals surface area contributed by atoms with Crippen molar-refractivity contribution in [3.63, 3.8) is 0 Å². The van der Waals surface area contributed by atoms with Crippen molar-refractivity contribution in [3.05, 3.63) is 23.8 Å². The number of rotatable bonds is 5. The molecule has 6 nitrogen and oxygen atoms in total. The third-order valence-electron chi connectivity index (χ3n) is 5.77. The number of halogens is 2. The number of carbonyl (C=O) groups is 2. The van der Waals surface area contributed by atoms with E-state index in [1.807, 2.05) is 0 Å². The van der Waals surface area contributed by atoms with E-state index in [1.54, 1.807) is 30.2 Å². The molecule has 1 aromatic carbocycles. The van der Waals surface area contributed by atoms with Gasteiger partial charge in [0.15, 0.2) is 0 Å². The minimum absolute atomic E-state index is 0.102. The predicted molar refractivity (Wildman–Crippen MR) is 96.3 cm³/mol. The summed E-state index contributed by atoms with van der Waals surface area (Å²) in [6.45, 7) is 0.611. The van der Waals surface area contributed by atoms with E-state index >= 15 is 0 Å². The van der Waals surface area contributed by atoms with Gasteiger partial charge in [0.25, 0.3) is 0 Å². The highest BCUT2D eigenvalue weighted by molar-refractivity contribution is 5.86. The Hall–Kier alpha value is -2.38. The molecule has 8 heteroatoms. The number of esters is 1. The van der Waals surface area contributed by atoms with E-state index in [-0.39, 0.29) is 18.9 Å². The fourth-order valence-electron chi connectivity index (χ4n) is 4.46. The van der Waals surface area contributed by atoms with Gasteiger partial charge in [0.2, 0.25) is 11.8 Å². The summed E-state index contributed by atoms with van der Waals surface area (Å²) in [6, 6.07) is 5.27. The van der Waals surface area contributed by atoms with Crippen LogP contribution in [0.3, 0.4) is 0 Å². The van der Waals surface area contributed by atoms with Crippen molar-refractivity contribution in [3.8, 4) is 11.5 Å². The zero-order chi connectivity index (χ0) is 20.5. The van der Waals surface area contributed by atoms with Crippen LogP contribution in [0.15, 0.2) is 18.2 Å². The third-order valence-corrected chi connectivity index (χ3v) is 5.77. The van der Waals surface area contributed by atoms with Crippen molar-refractivity contribution in [2.75, 3.05) is 27.9 Å². The quantitative estimate of drug-likeness (QED) is 0.715. The second kappa shape index (κ2) is 7.56. The molecular formula is C20H25F2NO5. The molecule has 0 N–H and O–H groups in total. The van der Waals surface area contributed by atoms with Gasteiger partial charge in [0.05, 0.1) is 32.7 Å². The van der Waals surface area contributed by atoms with Crippen molar-refractivity contribution in [1.29, 1.82) is 0 Å². The molecular weight excluding hydrogens is 372 g/mol. The summed E-state index contributed by atoms with van der Waals surface area (Å²) in [7, 11) is 4.25. The van der Waals surface area contributed by atoms with E-state index in [0.29, 0.717) is 24.5 Å². The van der Waals surface area contributed by atoms with Gasteiger partial charge in [0.1, 0.15) is 11.5 Å². The first-order valence-electron chi connectivity index (χ1n) is 9.19. The number of alkyl halides is 2. The summed E-state index contributed by atoms with van der Waals surface area (Å²) in [5.41, 5.74) is -0.457. The molecule has 0 bridgehead atoms. The molecule has 1 aliphatic carbocycles. The van der Waals surface area contributed by atoms with E-state index in [1.165, 1.54) is 14.2 Å². The van der Waals surface area contributed by atoms with Gasteiger partial charge in [-0.1, -0.05) is 0 Å². The molecule has 1 saturated carbocycles. The summed E-state index contributed by atoms with van der Waals surface area (Å²) >= 11 is 0. The maximum Gasteiger partial charge on any atom is 0.308 e. The van der Waals surface area contributed by atoms with Crippen LogP contribution in [-0.4, -0.2) is 50.6 Å². The minimum atomic E-state index is -3.07. The van der Waals surface area contributed by atoms with Gasteiger partial charge in [-0.15, -0.1) is 0 Å². The Morgan fingerprint density at radius 2 is 1.96 bits per heavy atom. The van der Waals surface area contributed by atoms with Gasteiger partial charge in [-0.25, -0.2) is 8.78 Å². The maximum absolute atomic E-state index is 14.4. The van der Waals surface area contributed by atoms with Gasteiger partial charge in [-0.2, -0.15) is 0 Å². The fourth-order valence-corrected chi connectivity index (χ4v) is 4.46. The Morgan fingerprint density at radius 3 is 2.61 bits per heavy atom. The van der Waals surface area contributed by atoms with Crippen LogP contribution in [0.4, 0.5) is 8.78 Å². The van der Waals surface area contributed by atoms with Gasteiger partial charge in [-0.05, 0) is 25.0 Å². The van der Waals surface area contributed by atoms with E-state index in [2.05, 4.69) is 4.74 Å². The minimum Gasteiger partial charge on any atom is -0.497 e. The third kappa shape index (κ3) is 3.77. The molecule has 1 aromatic rings. The van der Waals surface area contributed by atoms with Gasteiger partial charge < -0.3 is 19.1 Å².